The summed E-state index contributed by atoms with van der Waals surface area (Å²) in [5, 5.41) is 13.4. The maximum atomic E-state index is 11.5. The van der Waals surface area contributed by atoms with Crippen molar-refractivity contribution < 1.29 is 14.8 Å². The van der Waals surface area contributed by atoms with Crippen LogP contribution in [0.2, 0.25) is 0 Å². The second kappa shape index (κ2) is 6.63. The van der Waals surface area contributed by atoms with Gasteiger partial charge in [0.1, 0.15) is 5.84 Å². The molecular formula is C8H16N4O3. The van der Waals surface area contributed by atoms with E-state index >= 15 is 0 Å². The minimum Gasteiger partial charge on any atom is -0.409 e. The van der Waals surface area contributed by atoms with E-state index < -0.39 is 0 Å². The van der Waals surface area contributed by atoms with Gasteiger partial charge in [0.25, 0.3) is 0 Å². The molecule has 0 bridgehead atoms. The van der Waals surface area contributed by atoms with Gasteiger partial charge in [-0.3, -0.25) is 9.59 Å². The Balaban J connectivity index is 4.28. The molecule has 4 N–H and O–H groups in total. The van der Waals surface area contributed by atoms with Crippen molar-refractivity contribution >= 4 is 17.6 Å². The fourth-order valence-corrected chi connectivity index (χ4v) is 0.931. The van der Waals surface area contributed by atoms with Gasteiger partial charge in [0.05, 0.1) is 13.0 Å². The molecule has 7 nitrogen and oxygen atoms in total. The largest absolute Gasteiger partial charge is 0.409 e. The first-order valence-corrected chi connectivity index (χ1v) is 4.49. The van der Waals surface area contributed by atoms with E-state index in [1.165, 1.54) is 11.9 Å². The molecule has 0 aliphatic heterocycles. The first-order chi connectivity index (χ1) is 7.04. The van der Waals surface area contributed by atoms with Crippen molar-refractivity contribution in [3.05, 3.63) is 0 Å². The van der Waals surface area contributed by atoms with E-state index in [0.717, 1.165) is 0 Å². The summed E-state index contributed by atoms with van der Waals surface area (Å²) in [6, 6.07) is 0. The van der Waals surface area contributed by atoms with E-state index in [0.29, 0.717) is 6.54 Å². The van der Waals surface area contributed by atoms with Crippen LogP contribution in [0.15, 0.2) is 5.16 Å². The lowest BCUT2D eigenvalue weighted by Gasteiger charge is -2.19. The molecular weight excluding hydrogens is 200 g/mol. The van der Waals surface area contributed by atoms with Gasteiger partial charge >= 0.3 is 0 Å². The summed E-state index contributed by atoms with van der Waals surface area (Å²) in [5.74, 6) is -0.781. The Kier molecular flexibility index (Phi) is 5.84. The summed E-state index contributed by atoms with van der Waals surface area (Å²) >= 11 is 0. The minimum absolute atomic E-state index is 0.0233. The van der Waals surface area contributed by atoms with E-state index in [4.69, 9.17) is 10.9 Å². The number of carbonyl (C=O) groups excluding carboxylic acids is 2. The van der Waals surface area contributed by atoms with Gasteiger partial charge in [0.15, 0.2) is 0 Å². The van der Waals surface area contributed by atoms with E-state index in [9.17, 15) is 9.59 Å². The normalized spacial score (nSPS) is 10.9. The van der Waals surface area contributed by atoms with Crippen LogP contribution in [-0.4, -0.2) is 47.9 Å². The molecule has 0 saturated carbocycles. The van der Waals surface area contributed by atoms with Gasteiger partial charge in [-0.2, -0.15) is 0 Å². The maximum absolute atomic E-state index is 11.5. The average molecular weight is 216 g/mol. The topological polar surface area (TPSA) is 108 Å². The van der Waals surface area contributed by atoms with Crippen molar-refractivity contribution in [2.24, 2.45) is 10.9 Å². The molecule has 0 aromatic rings. The quantitative estimate of drug-likeness (QED) is 0.230. The number of carbonyl (C=O) groups is 2. The lowest BCUT2D eigenvalue weighted by molar-refractivity contribution is -0.134. The molecule has 0 aliphatic carbocycles. The molecule has 0 aromatic heterocycles. The zero-order valence-corrected chi connectivity index (χ0v) is 8.86. The van der Waals surface area contributed by atoms with Crippen molar-refractivity contribution in [2.75, 3.05) is 20.1 Å². The van der Waals surface area contributed by atoms with Gasteiger partial charge in [-0.1, -0.05) is 5.16 Å². The van der Waals surface area contributed by atoms with Crippen LogP contribution >= 0.6 is 0 Å². The zero-order chi connectivity index (χ0) is 11.8. The predicted molar refractivity (Wildman–Crippen MR) is 54.3 cm³/mol. The Morgan fingerprint density at radius 3 is 2.53 bits per heavy atom. The summed E-state index contributed by atoms with van der Waals surface area (Å²) in [4.78, 5) is 23.8. The molecule has 0 heterocycles. The fourth-order valence-electron chi connectivity index (χ4n) is 0.931. The highest BCUT2D eigenvalue weighted by Crippen LogP contribution is 1.94. The zero-order valence-electron chi connectivity index (χ0n) is 8.86. The second-order valence-electron chi connectivity index (χ2n) is 2.85. The molecule has 0 saturated heterocycles. The SMILES string of the molecule is CCN(CC(=O)NC)C(=O)C/C(N)=N/O. The van der Waals surface area contributed by atoms with Gasteiger partial charge < -0.3 is 21.2 Å². The van der Waals surface area contributed by atoms with Crippen molar-refractivity contribution in [3.63, 3.8) is 0 Å². The van der Waals surface area contributed by atoms with Crippen LogP contribution in [0, 0.1) is 0 Å². The number of nitrogens with one attached hydrogen (secondary N) is 1. The second-order valence-corrected chi connectivity index (χ2v) is 2.85. The molecule has 0 fully saturated rings. The molecule has 0 unspecified atom stereocenters. The van der Waals surface area contributed by atoms with Gasteiger partial charge in [0, 0.05) is 13.6 Å². The lowest BCUT2D eigenvalue weighted by Crippen LogP contribution is -2.40. The van der Waals surface area contributed by atoms with Crippen LogP contribution in [0.25, 0.3) is 0 Å². The number of amidine groups is 1. The first kappa shape index (κ1) is 13.2. The maximum Gasteiger partial charge on any atom is 0.239 e. The van der Waals surface area contributed by atoms with Crippen LogP contribution in [-0.2, 0) is 9.59 Å². The van der Waals surface area contributed by atoms with E-state index in [2.05, 4.69) is 10.5 Å². The number of hydrogen-bond donors (Lipinski definition) is 3. The van der Waals surface area contributed by atoms with E-state index in [1.807, 2.05) is 0 Å². The van der Waals surface area contributed by atoms with E-state index in [1.54, 1.807) is 6.92 Å². The van der Waals surface area contributed by atoms with Crippen LogP contribution in [0.1, 0.15) is 13.3 Å². The predicted octanol–water partition coefficient (Wildman–Crippen LogP) is -1.28. The molecule has 0 aliphatic rings. The molecule has 7 heteroatoms. The number of nitrogens with two attached hydrogens (primary N) is 1. The average Bonchev–Trinajstić information content (AvgIpc) is 2.24. The van der Waals surface area contributed by atoms with Gasteiger partial charge in [-0.05, 0) is 6.92 Å². The summed E-state index contributed by atoms with van der Waals surface area (Å²) in [5.41, 5.74) is 5.18. The number of hydrogen-bond acceptors (Lipinski definition) is 4. The third kappa shape index (κ3) is 4.84. The number of amides is 2. The lowest BCUT2D eigenvalue weighted by atomic mass is 10.3. The molecule has 0 spiro atoms. The van der Waals surface area contributed by atoms with Crippen molar-refractivity contribution in [3.8, 4) is 0 Å². The molecule has 15 heavy (non-hydrogen) atoms. The van der Waals surface area contributed by atoms with Crippen LogP contribution < -0.4 is 11.1 Å². The summed E-state index contributed by atoms with van der Waals surface area (Å²) in [7, 11) is 1.49. The Morgan fingerprint density at radius 1 is 1.53 bits per heavy atom. The van der Waals surface area contributed by atoms with Crippen LogP contribution in [0.3, 0.4) is 0 Å². The fraction of sp³-hybridized carbons (Fsp3) is 0.625. The highest BCUT2D eigenvalue weighted by Gasteiger charge is 2.15. The molecule has 0 radical (unpaired) electrons. The third-order valence-electron chi connectivity index (χ3n) is 1.81. The van der Waals surface area contributed by atoms with Gasteiger partial charge in [-0.15, -0.1) is 0 Å². The van der Waals surface area contributed by atoms with Crippen molar-refractivity contribution in [2.45, 2.75) is 13.3 Å². The highest BCUT2D eigenvalue weighted by molar-refractivity contribution is 5.99. The minimum atomic E-state index is -0.351. The molecule has 2 amide bonds. The monoisotopic (exact) mass is 216 g/mol. The molecule has 0 atom stereocenters. The summed E-state index contributed by atoms with van der Waals surface area (Å²) in [6.07, 6.45) is -0.193. The van der Waals surface area contributed by atoms with Crippen molar-refractivity contribution in [1.82, 2.24) is 10.2 Å². The Hall–Kier alpha value is -1.79. The first-order valence-electron chi connectivity index (χ1n) is 4.49. The third-order valence-corrected chi connectivity index (χ3v) is 1.81. The van der Waals surface area contributed by atoms with Crippen molar-refractivity contribution in [1.29, 1.82) is 0 Å². The summed E-state index contributed by atoms with van der Waals surface area (Å²) < 4.78 is 0. The van der Waals surface area contributed by atoms with Crippen LogP contribution in [0.4, 0.5) is 0 Å². The van der Waals surface area contributed by atoms with E-state index in [-0.39, 0.29) is 30.6 Å². The number of likely N-dealkylation sites (N-methyl/N-ethyl adjacent to an activating group) is 2. The Morgan fingerprint density at radius 2 is 2.13 bits per heavy atom. The van der Waals surface area contributed by atoms with Gasteiger partial charge in [-0.25, -0.2) is 0 Å². The molecule has 0 aromatic carbocycles. The highest BCUT2D eigenvalue weighted by atomic mass is 16.4. The molecule has 0 rings (SSSR count). The standard InChI is InChI=1S/C8H16N4O3/c1-3-12(5-7(13)10-2)8(14)4-6(9)11-15/h15H,3-5H2,1-2H3,(H2,9,11)(H,10,13). The molecule has 86 valence electrons. The van der Waals surface area contributed by atoms with Gasteiger partial charge in [0.2, 0.25) is 11.8 Å². The summed E-state index contributed by atoms with van der Waals surface area (Å²) in [6.45, 7) is 2.11. The number of rotatable bonds is 5. The van der Waals surface area contributed by atoms with Crippen LogP contribution in [0.5, 0.6) is 0 Å². The number of oxime groups is 1. The number of nitrogens with zero attached hydrogens (tertiary/aromatic N) is 2. The Bertz CT molecular complexity index is 265. The Labute approximate surface area is 87.9 Å². The smallest absolute Gasteiger partial charge is 0.239 e.